The molecule has 37 heavy (non-hydrogen) atoms. The molecule has 194 valence electrons. The zero-order chi connectivity index (χ0) is 26.6. The molecule has 9 heteroatoms. The number of halogens is 3. The Morgan fingerprint density at radius 3 is 2.16 bits per heavy atom. The van der Waals surface area contributed by atoms with Crippen molar-refractivity contribution in [2.75, 3.05) is 31.1 Å². The van der Waals surface area contributed by atoms with E-state index in [1.807, 2.05) is 62.2 Å². The molecule has 1 fully saturated rings. The molecule has 1 amide bonds. The molecule has 3 heterocycles. The number of carbonyl (C=O) groups is 1. The number of amides is 1. The first kappa shape index (κ1) is 27.6. The van der Waals surface area contributed by atoms with E-state index in [9.17, 15) is 4.79 Å². The van der Waals surface area contributed by atoms with Crippen LogP contribution in [0.5, 0.6) is 0 Å². The van der Waals surface area contributed by atoms with E-state index in [4.69, 9.17) is 16.3 Å². The highest BCUT2D eigenvalue weighted by molar-refractivity contribution is 9.10. The van der Waals surface area contributed by atoms with Crippen LogP contribution in [0.15, 0.2) is 69.9 Å². The number of aromatic nitrogens is 2. The van der Waals surface area contributed by atoms with Crippen LogP contribution in [-0.4, -0.2) is 52.7 Å². The molecule has 1 aliphatic heterocycles. The molecule has 5 rings (SSSR count). The van der Waals surface area contributed by atoms with Gasteiger partial charge in [-0.1, -0.05) is 43.5 Å². The molecule has 0 atom stereocenters. The van der Waals surface area contributed by atoms with Gasteiger partial charge in [-0.25, -0.2) is 4.79 Å². The predicted octanol–water partition coefficient (Wildman–Crippen LogP) is 8.10. The van der Waals surface area contributed by atoms with Crippen LogP contribution in [-0.2, 0) is 4.74 Å². The third-order valence-electron chi connectivity index (χ3n) is 5.82. The number of nitrogens with zero attached hydrogens (tertiary/aromatic N) is 4. The Balaban J connectivity index is 0.000000222. The van der Waals surface area contributed by atoms with Gasteiger partial charge >= 0.3 is 6.09 Å². The van der Waals surface area contributed by atoms with E-state index in [-0.39, 0.29) is 6.09 Å². The fourth-order valence-electron chi connectivity index (χ4n) is 4.13. The van der Waals surface area contributed by atoms with Crippen LogP contribution in [0.25, 0.3) is 21.8 Å². The summed E-state index contributed by atoms with van der Waals surface area (Å²) in [5, 5.41) is 2.84. The molecule has 2 aromatic carbocycles. The normalized spacial score (nSPS) is 14.2. The average molecular weight is 649 g/mol. The van der Waals surface area contributed by atoms with Crippen molar-refractivity contribution in [3.63, 3.8) is 0 Å². The summed E-state index contributed by atoms with van der Waals surface area (Å²) >= 11 is 12.9. The van der Waals surface area contributed by atoms with Gasteiger partial charge < -0.3 is 14.5 Å². The molecule has 0 bridgehead atoms. The third-order valence-corrected chi connectivity index (χ3v) is 7.14. The Morgan fingerprint density at radius 1 is 0.865 bits per heavy atom. The van der Waals surface area contributed by atoms with Crippen molar-refractivity contribution in [1.82, 2.24) is 14.9 Å². The van der Waals surface area contributed by atoms with Crippen LogP contribution in [0.3, 0.4) is 0 Å². The molecular formula is C28H29Br2ClN4O2. The van der Waals surface area contributed by atoms with Crippen molar-refractivity contribution in [3.05, 3.63) is 74.9 Å². The first-order valence-corrected chi connectivity index (χ1v) is 14.0. The molecule has 1 saturated heterocycles. The molecule has 6 nitrogen and oxygen atoms in total. The smallest absolute Gasteiger partial charge is 0.410 e. The maximum Gasteiger partial charge on any atom is 0.410 e. The van der Waals surface area contributed by atoms with E-state index < -0.39 is 5.60 Å². The summed E-state index contributed by atoms with van der Waals surface area (Å²) in [6.45, 7) is 8.77. The number of benzene rings is 2. The van der Waals surface area contributed by atoms with Gasteiger partial charge in [-0.2, -0.15) is 0 Å². The predicted molar refractivity (Wildman–Crippen MR) is 159 cm³/mol. The topological polar surface area (TPSA) is 58.6 Å². The van der Waals surface area contributed by atoms with E-state index in [1.54, 1.807) is 12.3 Å². The van der Waals surface area contributed by atoms with Crippen molar-refractivity contribution < 1.29 is 9.53 Å². The number of anilines is 1. The van der Waals surface area contributed by atoms with Gasteiger partial charge in [0, 0.05) is 64.0 Å². The van der Waals surface area contributed by atoms with Gasteiger partial charge in [0.1, 0.15) is 5.60 Å². The summed E-state index contributed by atoms with van der Waals surface area (Å²) in [7, 11) is 0. The van der Waals surface area contributed by atoms with Crippen LogP contribution in [0.2, 0.25) is 5.02 Å². The highest BCUT2D eigenvalue weighted by Crippen LogP contribution is 2.29. The number of carbonyl (C=O) groups excluding carboxylic acids is 1. The van der Waals surface area contributed by atoms with E-state index in [2.05, 4.69) is 58.9 Å². The quantitative estimate of drug-likeness (QED) is 0.209. The first-order valence-electron chi connectivity index (χ1n) is 12.1. The Morgan fingerprint density at radius 2 is 1.49 bits per heavy atom. The number of fused-ring (bicyclic) bond motifs is 2. The van der Waals surface area contributed by atoms with E-state index in [0.717, 1.165) is 67.5 Å². The fourth-order valence-corrected chi connectivity index (χ4v) is 5.06. The number of pyridine rings is 2. The van der Waals surface area contributed by atoms with Gasteiger partial charge in [-0.05, 0) is 75.7 Å². The number of rotatable bonds is 1. The van der Waals surface area contributed by atoms with Gasteiger partial charge in [0.05, 0.1) is 16.1 Å². The zero-order valence-corrected chi connectivity index (χ0v) is 25.0. The fraction of sp³-hybridized carbons (Fsp3) is 0.321. The summed E-state index contributed by atoms with van der Waals surface area (Å²) in [6, 6.07) is 15.8. The minimum absolute atomic E-state index is 0.225. The van der Waals surface area contributed by atoms with E-state index >= 15 is 0 Å². The lowest BCUT2D eigenvalue weighted by Crippen LogP contribution is -2.39. The second-order valence-electron chi connectivity index (χ2n) is 9.75. The van der Waals surface area contributed by atoms with Gasteiger partial charge in [-0.15, -0.1) is 0 Å². The van der Waals surface area contributed by atoms with Crippen molar-refractivity contribution in [2.45, 2.75) is 32.8 Å². The minimum atomic E-state index is -0.462. The summed E-state index contributed by atoms with van der Waals surface area (Å²) in [5.74, 6) is 0. The van der Waals surface area contributed by atoms with Gasteiger partial charge in [0.25, 0.3) is 0 Å². The second kappa shape index (κ2) is 12.0. The van der Waals surface area contributed by atoms with E-state index in [0.29, 0.717) is 6.54 Å². The molecule has 0 radical (unpaired) electrons. The van der Waals surface area contributed by atoms with Crippen LogP contribution in [0.1, 0.15) is 27.2 Å². The standard InChI is InChI=1S/C19H24BrN3O2.C9H5BrClN/c1-19(2,3)25-18(24)23-10-4-9-22(11-12-23)17-7-8-21-16-6-5-14(20)13-15(16)17;10-6-1-2-9-7(5-6)8(11)3-4-12-9/h5-8,13H,4,9-12H2,1-3H3;1-5H. The van der Waals surface area contributed by atoms with Gasteiger partial charge in [-0.3, -0.25) is 9.97 Å². The molecule has 2 aromatic heterocycles. The highest BCUT2D eigenvalue weighted by Gasteiger charge is 2.25. The first-order chi connectivity index (χ1) is 17.6. The third kappa shape index (κ3) is 7.33. The Bertz CT molecular complexity index is 1410. The zero-order valence-electron chi connectivity index (χ0n) is 21.0. The minimum Gasteiger partial charge on any atom is -0.444 e. The summed E-state index contributed by atoms with van der Waals surface area (Å²) in [5.41, 5.74) is 2.60. The molecule has 0 aliphatic carbocycles. The van der Waals surface area contributed by atoms with Crippen molar-refractivity contribution in [2.24, 2.45) is 0 Å². The molecule has 0 unspecified atom stereocenters. The van der Waals surface area contributed by atoms with Crippen molar-refractivity contribution in [1.29, 1.82) is 0 Å². The van der Waals surface area contributed by atoms with Crippen LogP contribution >= 0.6 is 43.5 Å². The highest BCUT2D eigenvalue weighted by atomic mass is 79.9. The number of ether oxygens (including phenoxy) is 1. The Hall–Kier alpha value is -2.42. The average Bonchev–Trinajstić information content (AvgIpc) is 3.10. The molecular weight excluding hydrogens is 620 g/mol. The van der Waals surface area contributed by atoms with Crippen molar-refractivity contribution >= 4 is 77.0 Å². The SMILES string of the molecule is CC(C)(C)OC(=O)N1CCCN(c2ccnc3ccc(Br)cc23)CC1.Clc1ccnc2ccc(Br)cc12. The lowest BCUT2D eigenvalue weighted by molar-refractivity contribution is 0.0263. The van der Waals surface area contributed by atoms with Gasteiger partial charge in [0.2, 0.25) is 0 Å². The molecule has 4 aromatic rings. The number of hydrogen-bond acceptors (Lipinski definition) is 5. The number of hydrogen-bond donors (Lipinski definition) is 0. The summed E-state index contributed by atoms with van der Waals surface area (Å²) < 4.78 is 7.57. The molecule has 1 aliphatic rings. The lowest BCUT2D eigenvalue weighted by atomic mass is 10.1. The Kier molecular flexibility index (Phi) is 8.93. The summed E-state index contributed by atoms with van der Waals surface area (Å²) in [6.07, 6.45) is 4.24. The molecule has 0 N–H and O–H groups in total. The van der Waals surface area contributed by atoms with Crippen LogP contribution < -0.4 is 4.90 Å². The Labute approximate surface area is 239 Å². The van der Waals surface area contributed by atoms with E-state index in [1.165, 1.54) is 0 Å². The largest absolute Gasteiger partial charge is 0.444 e. The summed E-state index contributed by atoms with van der Waals surface area (Å²) in [4.78, 5) is 25.1. The second-order valence-corrected chi connectivity index (χ2v) is 12.0. The molecule has 0 spiro atoms. The monoisotopic (exact) mass is 646 g/mol. The van der Waals surface area contributed by atoms with Gasteiger partial charge in [0.15, 0.2) is 0 Å². The van der Waals surface area contributed by atoms with Crippen LogP contribution in [0, 0.1) is 0 Å². The maximum absolute atomic E-state index is 12.3. The molecule has 0 saturated carbocycles. The van der Waals surface area contributed by atoms with Crippen molar-refractivity contribution in [3.8, 4) is 0 Å². The maximum atomic E-state index is 12.3. The van der Waals surface area contributed by atoms with Crippen LogP contribution in [0.4, 0.5) is 10.5 Å². The lowest BCUT2D eigenvalue weighted by Gasteiger charge is -2.27.